The molecule has 0 bridgehead atoms. The van der Waals surface area contributed by atoms with Crippen molar-refractivity contribution >= 4 is 16.8 Å². The summed E-state index contributed by atoms with van der Waals surface area (Å²) in [5, 5.41) is 4.46. The van der Waals surface area contributed by atoms with E-state index in [9.17, 15) is 9.18 Å². The van der Waals surface area contributed by atoms with Crippen LogP contribution < -0.4 is 0 Å². The highest BCUT2D eigenvalue weighted by atomic mass is 19.1. The van der Waals surface area contributed by atoms with Gasteiger partial charge in [-0.2, -0.15) is 5.10 Å². The second-order valence-electron chi connectivity index (χ2n) is 11.1. The van der Waals surface area contributed by atoms with Crippen molar-refractivity contribution in [2.75, 3.05) is 6.67 Å². The molecule has 3 fully saturated rings. The maximum atomic E-state index is 13.6. The molecule has 4 nitrogen and oxygen atoms in total. The van der Waals surface area contributed by atoms with Crippen LogP contribution in [0.3, 0.4) is 0 Å². The summed E-state index contributed by atoms with van der Waals surface area (Å²) < 4.78 is 15.1. The number of rotatable bonds is 7. The minimum Gasteiger partial charge on any atom is -0.297 e. The first-order valence-electron chi connectivity index (χ1n) is 12.9. The summed E-state index contributed by atoms with van der Waals surface area (Å²) in [6.07, 6.45) is 13.7. The highest BCUT2D eigenvalue weighted by molar-refractivity contribution is 5.84. The molecule has 32 heavy (non-hydrogen) atoms. The normalized spacial score (nSPS) is 36.7. The Kier molecular flexibility index (Phi) is 6.11. The van der Waals surface area contributed by atoms with Crippen LogP contribution in [-0.4, -0.2) is 27.2 Å². The summed E-state index contributed by atoms with van der Waals surface area (Å²) in [5.41, 5.74) is 1.91. The van der Waals surface area contributed by atoms with E-state index in [1.54, 1.807) is 12.4 Å². The second kappa shape index (κ2) is 8.87. The summed E-state index contributed by atoms with van der Waals surface area (Å²) in [7, 11) is 0. The Morgan fingerprint density at radius 3 is 2.88 bits per heavy atom. The summed E-state index contributed by atoms with van der Waals surface area (Å²) in [6.45, 7) is 4.88. The minimum absolute atomic E-state index is 0.114. The number of halogens is 1. The number of hydrogen-bond acceptors (Lipinski definition) is 3. The Morgan fingerprint density at radius 1 is 1.19 bits per heavy atom. The lowest BCUT2D eigenvalue weighted by Crippen LogP contribution is -2.48. The zero-order valence-corrected chi connectivity index (χ0v) is 19.7. The van der Waals surface area contributed by atoms with Gasteiger partial charge in [-0.25, -0.2) is 0 Å². The van der Waals surface area contributed by atoms with Crippen LogP contribution >= 0.6 is 0 Å². The van der Waals surface area contributed by atoms with Crippen LogP contribution in [0.1, 0.15) is 71.6 Å². The highest BCUT2D eigenvalue weighted by Gasteiger charge is 2.57. The molecule has 3 aliphatic carbocycles. The first-order valence-corrected chi connectivity index (χ1v) is 12.9. The molecule has 174 valence electrons. The van der Waals surface area contributed by atoms with Gasteiger partial charge in [0.15, 0.2) is 5.78 Å². The van der Waals surface area contributed by atoms with Crippen molar-refractivity contribution in [1.29, 1.82) is 0 Å². The van der Waals surface area contributed by atoms with Crippen molar-refractivity contribution in [2.24, 2.45) is 40.9 Å². The van der Waals surface area contributed by atoms with Gasteiger partial charge in [0.25, 0.3) is 0 Å². The topological polar surface area (TPSA) is 47.8 Å². The van der Waals surface area contributed by atoms with Crippen molar-refractivity contribution in [3.63, 3.8) is 0 Å². The summed E-state index contributed by atoms with van der Waals surface area (Å²) >= 11 is 0. The highest BCUT2D eigenvalue weighted by Crippen LogP contribution is 2.63. The van der Waals surface area contributed by atoms with E-state index < -0.39 is 0 Å². The van der Waals surface area contributed by atoms with E-state index in [2.05, 4.69) is 23.9 Å². The minimum atomic E-state index is -0.169. The van der Waals surface area contributed by atoms with E-state index in [0.717, 1.165) is 42.1 Å². The largest absolute Gasteiger partial charge is 0.297 e. The number of aromatic nitrogens is 3. The molecule has 5 heteroatoms. The van der Waals surface area contributed by atoms with Gasteiger partial charge in [0.1, 0.15) is 12.1 Å². The van der Waals surface area contributed by atoms with Gasteiger partial charge in [-0.05, 0) is 92.1 Å². The number of pyridine rings is 1. The van der Waals surface area contributed by atoms with E-state index in [1.807, 2.05) is 16.8 Å². The Labute approximate surface area is 191 Å². The SMILES string of the molecule is CCCC1C(CCF)CCC2C1CCC1(C)C(C(=O)Cn3ncc4ncccc43)CCC21. The number of alkyl halides is 1. The lowest BCUT2D eigenvalue weighted by molar-refractivity contribution is -0.130. The lowest BCUT2D eigenvalue weighted by atomic mass is 9.50. The standard InChI is InChI=1S/C27H38FN3O/c1-3-5-19-18(12-14-28)7-8-21-20(19)11-13-27(2)22(21)9-10-23(27)26(32)17-31-25-6-4-15-29-24(25)16-30-31/h4,6,15-16,18-23H,3,5,7-14,17H2,1-2H3. The second-order valence-corrected chi connectivity index (χ2v) is 11.1. The molecule has 5 rings (SSSR count). The first kappa shape index (κ1) is 22.0. The molecule has 0 radical (unpaired) electrons. The molecule has 7 atom stereocenters. The third-order valence-electron chi connectivity index (χ3n) is 9.73. The molecule has 0 spiro atoms. The number of nitrogens with zero attached hydrogens (tertiary/aromatic N) is 3. The third kappa shape index (κ3) is 3.60. The number of fused-ring (bicyclic) bond motifs is 4. The molecule has 2 heterocycles. The molecule has 0 saturated heterocycles. The van der Waals surface area contributed by atoms with Gasteiger partial charge in [-0.3, -0.25) is 18.9 Å². The van der Waals surface area contributed by atoms with Crippen molar-refractivity contribution in [3.8, 4) is 0 Å². The Morgan fingerprint density at radius 2 is 2.06 bits per heavy atom. The average Bonchev–Trinajstić information content (AvgIpc) is 3.36. The van der Waals surface area contributed by atoms with Gasteiger partial charge < -0.3 is 0 Å². The maximum Gasteiger partial charge on any atom is 0.157 e. The van der Waals surface area contributed by atoms with Gasteiger partial charge in [-0.1, -0.05) is 26.7 Å². The van der Waals surface area contributed by atoms with Crippen LogP contribution in [0.15, 0.2) is 24.5 Å². The predicted molar refractivity (Wildman–Crippen MR) is 125 cm³/mol. The molecule has 0 aliphatic heterocycles. The molecular weight excluding hydrogens is 401 g/mol. The Bertz CT molecular complexity index is 957. The fourth-order valence-corrected chi connectivity index (χ4v) is 8.34. The van der Waals surface area contributed by atoms with E-state index in [1.165, 1.54) is 38.5 Å². The molecular formula is C27H38FN3O. The zero-order valence-electron chi connectivity index (χ0n) is 19.7. The van der Waals surface area contributed by atoms with Crippen LogP contribution in [0, 0.1) is 40.9 Å². The van der Waals surface area contributed by atoms with Gasteiger partial charge in [0.2, 0.25) is 0 Å². The van der Waals surface area contributed by atoms with Gasteiger partial charge >= 0.3 is 0 Å². The molecule has 2 aromatic heterocycles. The van der Waals surface area contributed by atoms with E-state index in [4.69, 9.17) is 0 Å². The van der Waals surface area contributed by atoms with Crippen molar-refractivity contribution in [1.82, 2.24) is 14.8 Å². The molecule has 3 saturated carbocycles. The molecule has 2 aromatic rings. The molecule has 3 aliphatic rings. The predicted octanol–water partition coefficient (Wildman–Crippen LogP) is 6.25. The van der Waals surface area contributed by atoms with Crippen molar-refractivity contribution < 1.29 is 9.18 Å². The van der Waals surface area contributed by atoms with Crippen molar-refractivity contribution in [3.05, 3.63) is 24.5 Å². The quantitative estimate of drug-likeness (QED) is 0.513. The zero-order chi connectivity index (χ0) is 22.3. The average molecular weight is 440 g/mol. The summed E-state index contributed by atoms with van der Waals surface area (Å²) in [5.74, 6) is 3.87. The van der Waals surface area contributed by atoms with E-state index in [0.29, 0.717) is 30.1 Å². The monoisotopic (exact) mass is 439 g/mol. The molecule has 0 amide bonds. The first-order chi connectivity index (χ1) is 15.6. The van der Waals surface area contributed by atoms with E-state index >= 15 is 0 Å². The van der Waals surface area contributed by atoms with Crippen LogP contribution in [-0.2, 0) is 11.3 Å². The van der Waals surface area contributed by atoms with Gasteiger partial charge in [0, 0.05) is 12.1 Å². The number of Topliss-reactive ketones (excluding diaryl/α,β-unsaturated/α-hetero) is 1. The number of carbonyl (C=O) groups is 1. The molecule has 0 aromatic carbocycles. The number of ketones is 1. The fraction of sp³-hybridized carbons (Fsp3) is 0.741. The third-order valence-corrected chi connectivity index (χ3v) is 9.73. The summed E-state index contributed by atoms with van der Waals surface area (Å²) in [6, 6.07) is 3.90. The fourth-order valence-electron chi connectivity index (χ4n) is 8.34. The summed E-state index contributed by atoms with van der Waals surface area (Å²) in [4.78, 5) is 17.9. The van der Waals surface area contributed by atoms with Gasteiger partial charge in [0.05, 0.1) is 18.4 Å². The molecule has 0 N–H and O–H groups in total. The van der Waals surface area contributed by atoms with Crippen LogP contribution in [0.5, 0.6) is 0 Å². The number of hydrogen-bond donors (Lipinski definition) is 0. The van der Waals surface area contributed by atoms with Crippen molar-refractivity contribution in [2.45, 2.75) is 78.2 Å². The van der Waals surface area contributed by atoms with Crippen LogP contribution in [0.4, 0.5) is 4.39 Å². The maximum absolute atomic E-state index is 13.6. The van der Waals surface area contributed by atoms with E-state index in [-0.39, 0.29) is 18.0 Å². The Balaban J connectivity index is 1.33. The number of carbonyl (C=O) groups excluding carboxylic acids is 1. The Hall–Kier alpha value is -1.78. The lowest BCUT2D eigenvalue weighted by Gasteiger charge is -2.54. The van der Waals surface area contributed by atoms with Gasteiger partial charge in [-0.15, -0.1) is 0 Å². The van der Waals surface area contributed by atoms with Crippen LogP contribution in [0.25, 0.3) is 11.0 Å². The smallest absolute Gasteiger partial charge is 0.157 e. The van der Waals surface area contributed by atoms with Crippen LogP contribution in [0.2, 0.25) is 0 Å². The molecule has 7 unspecified atom stereocenters.